The summed E-state index contributed by atoms with van der Waals surface area (Å²) in [7, 11) is -4.19. The van der Waals surface area contributed by atoms with Crippen molar-refractivity contribution in [2.24, 2.45) is 0 Å². The predicted octanol–water partition coefficient (Wildman–Crippen LogP) is 4.02. The highest BCUT2D eigenvalue weighted by Crippen LogP contribution is 2.40. The molecule has 0 spiro atoms. The van der Waals surface area contributed by atoms with Crippen LogP contribution in [0.1, 0.15) is 12.2 Å². The molecule has 0 radical (unpaired) electrons. The number of benzene rings is 1. The van der Waals surface area contributed by atoms with Crippen molar-refractivity contribution in [1.29, 1.82) is 0 Å². The van der Waals surface area contributed by atoms with Crippen LogP contribution in [0.5, 0.6) is 0 Å². The van der Waals surface area contributed by atoms with Crippen LogP contribution in [0.2, 0.25) is 0 Å². The van der Waals surface area contributed by atoms with E-state index < -0.39 is 38.6 Å². The normalized spacial score (nSPS) is 11.9. The van der Waals surface area contributed by atoms with E-state index in [1.807, 2.05) is 0 Å². The van der Waals surface area contributed by atoms with E-state index in [1.54, 1.807) is 0 Å². The standard InChI is InChI=1S/C16H10F4N2O3S/c1-26(23,24)15-10(17)5-9(6-11(15)18)12-13(8-3-2-4-21-7-8)22-25-14(12)16(19)20/h2-7,16H,1H3. The van der Waals surface area contributed by atoms with Crippen molar-refractivity contribution in [2.75, 3.05) is 6.26 Å². The summed E-state index contributed by atoms with van der Waals surface area (Å²) in [5.74, 6) is -3.70. The molecule has 2 heterocycles. The molecular formula is C16H10F4N2O3S. The van der Waals surface area contributed by atoms with Crippen LogP contribution in [0.15, 0.2) is 46.1 Å². The molecule has 0 aliphatic heterocycles. The van der Waals surface area contributed by atoms with Crippen molar-refractivity contribution in [3.63, 3.8) is 0 Å². The third-order valence-electron chi connectivity index (χ3n) is 3.51. The molecule has 0 atom stereocenters. The third-order valence-corrected chi connectivity index (χ3v) is 4.64. The van der Waals surface area contributed by atoms with Crippen LogP contribution in [-0.4, -0.2) is 24.8 Å². The largest absolute Gasteiger partial charge is 0.354 e. The van der Waals surface area contributed by atoms with Gasteiger partial charge in [-0.3, -0.25) is 4.98 Å². The lowest BCUT2D eigenvalue weighted by atomic mass is 9.99. The van der Waals surface area contributed by atoms with Crippen LogP contribution in [-0.2, 0) is 9.84 Å². The summed E-state index contributed by atoms with van der Waals surface area (Å²) < 4.78 is 82.6. The first-order valence-electron chi connectivity index (χ1n) is 7.07. The average Bonchev–Trinajstić information content (AvgIpc) is 2.98. The Bertz CT molecular complexity index is 1040. The lowest BCUT2D eigenvalue weighted by Gasteiger charge is -2.08. The highest BCUT2D eigenvalue weighted by Gasteiger charge is 2.28. The Labute approximate surface area is 145 Å². The maximum absolute atomic E-state index is 14.2. The zero-order chi connectivity index (χ0) is 19.1. The number of aromatic nitrogens is 2. The summed E-state index contributed by atoms with van der Waals surface area (Å²) in [4.78, 5) is 2.70. The molecule has 136 valence electrons. The average molecular weight is 386 g/mol. The fourth-order valence-corrected chi connectivity index (χ4v) is 3.32. The second-order valence-corrected chi connectivity index (χ2v) is 7.31. The van der Waals surface area contributed by atoms with Crippen LogP contribution in [0.3, 0.4) is 0 Å². The molecule has 1 aromatic carbocycles. The smallest absolute Gasteiger partial charge is 0.298 e. The van der Waals surface area contributed by atoms with E-state index in [0.717, 1.165) is 0 Å². The van der Waals surface area contributed by atoms with Crippen molar-refractivity contribution in [3.05, 3.63) is 54.1 Å². The summed E-state index contributed by atoms with van der Waals surface area (Å²) in [5.41, 5.74) is -0.487. The summed E-state index contributed by atoms with van der Waals surface area (Å²) >= 11 is 0. The summed E-state index contributed by atoms with van der Waals surface area (Å²) in [6.45, 7) is 0. The van der Waals surface area contributed by atoms with Crippen LogP contribution >= 0.6 is 0 Å². The Morgan fingerprint density at radius 2 is 1.77 bits per heavy atom. The van der Waals surface area contributed by atoms with Crippen LogP contribution < -0.4 is 0 Å². The Kier molecular flexibility index (Phi) is 4.53. The van der Waals surface area contributed by atoms with E-state index >= 15 is 0 Å². The Balaban J connectivity index is 2.29. The summed E-state index contributed by atoms with van der Waals surface area (Å²) in [5, 5.41) is 3.56. The molecule has 0 N–H and O–H groups in total. The number of hydrogen-bond donors (Lipinski definition) is 0. The van der Waals surface area contributed by atoms with Crippen LogP contribution in [0.25, 0.3) is 22.4 Å². The van der Waals surface area contributed by atoms with Gasteiger partial charge in [-0.25, -0.2) is 26.0 Å². The molecule has 0 saturated heterocycles. The van der Waals surface area contributed by atoms with E-state index in [2.05, 4.69) is 14.7 Å². The van der Waals surface area contributed by atoms with Crippen molar-refractivity contribution in [2.45, 2.75) is 11.3 Å². The topological polar surface area (TPSA) is 73.1 Å². The molecule has 0 saturated carbocycles. The van der Waals surface area contributed by atoms with Crippen LogP contribution in [0.4, 0.5) is 17.6 Å². The van der Waals surface area contributed by atoms with Gasteiger partial charge >= 0.3 is 0 Å². The predicted molar refractivity (Wildman–Crippen MR) is 83.2 cm³/mol. The van der Waals surface area contributed by atoms with Crippen molar-refractivity contribution in [1.82, 2.24) is 10.1 Å². The van der Waals surface area contributed by atoms with Gasteiger partial charge in [0.05, 0.1) is 5.56 Å². The summed E-state index contributed by atoms with van der Waals surface area (Å²) in [6.07, 6.45) is 0.286. The first-order chi connectivity index (χ1) is 12.2. The van der Waals surface area contributed by atoms with Crippen molar-refractivity contribution in [3.8, 4) is 22.4 Å². The number of halogens is 4. The first-order valence-corrected chi connectivity index (χ1v) is 8.97. The molecule has 0 amide bonds. The van der Waals surface area contributed by atoms with Gasteiger partial charge < -0.3 is 4.52 Å². The Hall–Kier alpha value is -2.75. The molecule has 10 heteroatoms. The van der Waals surface area contributed by atoms with E-state index in [0.29, 0.717) is 18.4 Å². The highest BCUT2D eigenvalue weighted by atomic mass is 32.2. The molecule has 5 nitrogen and oxygen atoms in total. The van der Waals surface area contributed by atoms with Gasteiger partial charge in [-0.1, -0.05) is 5.16 Å². The number of nitrogens with zero attached hydrogens (tertiary/aromatic N) is 2. The van der Waals surface area contributed by atoms with Gasteiger partial charge in [0.25, 0.3) is 6.43 Å². The lowest BCUT2D eigenvalue weighted by molar-refractivity contribution is 0.113. The minimum absolute atomic E-state index is 0.0979. The van der Waals surface area contributed by atoms with E-state index in [1.165, 1.54) is 24.5 Å². The fourth-order valence-electron chi connectivity index (χ4n) is 2.49. The van der Waals surface area contributed by atoms with Crippen molar-refractivity contribution < 1.29 is 30.5 Å². The Morgan fingerprint density at radius 3 is 2.27 bits per heavy atom. The number of sulfone groups is 1. The van der Waals surface area contributed by atoms with Gasteiger partial charge in [-0.15, -0.1) is 0 Å². The number of hydrogen-bond acceptors (Lipinski definition) is 5. The number of pyridine rings is 1. The summed E-state index contributed by atoms with van der Waals surface area (Å²) in [6, 6.07) is 4.32. The molecule has 0 unspecified atom stereocenters. The first kappa shape index (κ1) is 18.1. The minimum atomic E-state index is -4.19. The van der Waals surface area contributed by atoms with Gasteiger partial charge in [0.15, 0.2) is 9.84 Å². The number of rotatable bonds is 4. The molecule has 3 aromatic rings. The molecule has 0 aliphatic rings. The molecule has 0 fully saturated rings. The lowest BCUT2D eigenvalue weighted by Crippen LogP contribution is -2.05. The van der Waals surface area contributed by atoms with Crippen molar-refractivity contribution >= 4 is 9.84 Å². The molecular weight excluding hydrogens is 376 g/mol. The maximum Gasteiger partial charge on any atom is 0.298 e. The Morgan fingerprint density at radius 1 is 1.12 bits per heavy atom. The third kappa shape index (κ3) is 3.19. The molecule has 0 bridgehead atoms. The fraction of sp³-hybridized carbons (Fsp3) is 0.125. The SMILES string of the molecule is CS(=O)(=O)c1c(F)cc(-c2c(-c3cccnc3)noc2C(F)F)cc1F. The zero-order valence-corrected chi connectivity index (χ0v) is 13.9. The highest BCUT2D eigenvalue weighted by molar-refractivity contribution is 7.90. The van der Waals surface area contributed by atoms with E-state index in [-0.39, 0.29) is 22.4 Å². The maximum atomic E-state index is 14.2. The molecule has 3 rings (SSSR count). The molecule has 2 aromatic heterocycles. The number of alkyl halides is 2. The molecule has 0 aliphatic carbocycles. The monoisotopic (exact) mass is 386 g/mol. The minimum Gasteiger partial charge on any atom is -0.354 e. The van der Waals surface area contributed by atoms with Gasteiger partial charge in [0, 0.05) is 24.2 Å². The quantitative estimate of drug-likeness (QED) is 0.633. The second kappa shape index (κ2) is 6.52. The molecule has 26 heavy (non-hydrogen) atoms. The van der Waals surface area contributed by atoms with Gasteiger partial charge in [0.1, 0.15) is 22.2 Å². The van der Waals surface area contributed by atoms with Crippen LogP contribution in [0, 0.1) is 11.6 Å². The van der Waals surface area contributed by atoms with E-state index in [9.17, 15) is 26.0 Å². The van der Waals surface area contributed by atoms with Gasteiger partial charge in [0.2, 0.25) is 5.76 Å². The van der Waals surface area contributed by atoms with E-state index in [4.69, 9.17) is 0 Å². The van der Waals surface area contributed by atoms with Gasteiger partial charge in [-0.05, 0) is 29.8 Å². The zero-order valence-electron chi connectivity index (χ0n) is 13.1. The van der Waals surface area contributed by atoms with Gasteiger partial charge in [-0.2, -0.15) is 0 Å². The second-order valence-electron chi connectivity index (χ2n) is 5.35.